The van der Waals surface area contributed by atoms with E-state index in [1.807, 2.05) is 6.07 Å². The van der Waals surface area contributed by atoms with Crippen molar-refractivity contribution >= 4 is 18.6 Å². The molecule has 0 amide bonds. The maximum atomic E-state index is 11.6. The molecular weight excluding hydrogens is 248 g/mol. The van der Waals surface area contributed by atoms with Crippen LogP contribution in [-0.2, 0) is 9.54 Å². The Balaban J connectivity index is 2.62. The maximum Gasteiger partial charge on any atom is 0.328 e. The Bertz CT molecular complexity index is 568. The van der Waals surface area contributed by atoms with Gasteiger partial charge in [0.2, 0.25) is 0 Å². The molecule has 2 aromatic rings. The van der Waals surface area contributed by atoms with Gasteiger partial charge in [0, 0.05) is 0 Å². The van der Waals surface area contributed by atoms with E-state index in [1.54, 1.807) is 36.4 Å². The highest BCUT2D eigenvalue weighted by molar-refractivity contribution is 7.82. The quantitative estimate of drug-likeness (QED) is 0.744. The van der Waals surface area contributed by atoms with Crippen LogP contribution in [0.1, 0.15) is 11.1 Å². The Morgan fingerprint density at radius 3 is 2.17 bits per heavy atom. The van der Waals surface area contributed by atoms with Gasteiger partial charge in [0.25, 0.3) is 0 Å². The van der Waals surface area contributed by atoms with Crippen LogP contribution in [0, 0.1) is 0 Å². The molecule has 0 aliphatic heterocycles. The smallest absolute Gasteiger partial charge is 0.328 e. The fraction of sp³-hybridized carbons (Fsp3) is 0.0714. The molecule has 0 bridgehead atoms. The van der Waals surface area contributed by atoms with Crippen molar-refractivity contribution < 1.29 is 15.0 Å². The van der Waals surface area contributed by atoms with E-state index in [0.717, 1.165) is 0 Å². The lowest BCUT2D eigenvalue weighted by molar-refractivity contribution is -0.138. The molecule has 2 rings (SSSR count). The van der Waals surface area contributed by atoms with Crippen molar-refractivity contribution in [1.82, 2.24) is 0 Å². The molecule has 0 saturated heterocycles. The number of hydrogen-bond donors (Lipinski definition) is 3. The molecule has 1 atom stereocenters. The summed E-state index contributed by atoms with van der Waals surface area (Å²) in [4.78, 5) is 11.6. The molecule has 3 nitrogen and oxygen atoms in total. The van der Waals surface area contributed by atoms with Crippen LogP contribution in [-0.4, -0.2) is 16.2 Å². The topological polar surface area (TPSA) is 57.5 Å². The summed E-state index contributed by atoms with van der Waals surface area (Å²) >= 11 is 4.33. The van der Waals surface area contributed by atoms with Crippen molar-refractivity contribution in [3.63, 3.8) is 0 Å². The van der Waals surface area contributed by atoms with Gasteiger partial charge in [-0.2, -0.15) is 12.6 Å². The Morgan fingerprint density at radius 1 is 1.00 bits per heavy atom. The molecule has 18 heavy (non-hydrogen) atoms. The number of hydrogen-bond acceptors (Lipinski definition) is 3. The first-order chi connectivity index (χ1) is 8.55. The van der Waals surface area contributed by atoms with E-state index in [-0.39, 0.29) is 5.75 Å². The fourth-order valence-corrected chi connectivity index (χ4v) is 2.11. The summed E-state index contributed by atoms with van der Waals surface area (Å²) in [7, 11) is 0. The third kappa shape index (κ3) is 2.07. The Morgan fingerprint density at radius 2 is 1.61 bits per heavy atom. The number of carbonyl (C=O) groups is 1. The Hall–Kier alpha value is -1.94. The van der Waals surface area contributed by atoms with Gasteiger partial charge in [0.1, 0.15) is 5.75 Å². The van der Waals surface area contributed by atoms with Crippen LogP contribution in [0.4, 0.5) is 0 Å². The van der Waals surface area contributed by atoms with E-state index in [4.69, 9.17) is 0 Å². The number of benzene rings is 2. The molecule has 0 fully saturated rings. The average molecular weight is 260 g/mol. The fourth-order valence-electron chi connectivity index (χ4n) is 1.82. The first kappa shape index (κ1) is 12.5. The second-order valence-electron chi connectivity index (χ2n) is 3.93. The normalized spacial score (nSPS) is 13.8. The van der Waals surface area contributed by atoms with Crippen molar-refractivity contribution in [1.29, 1.82) is 0 Å². The molecule has 0 spiro atoms. The predicted molar refractivity (Wildman–Crippen MR) is 72.0 cm³/mol. The first-order valence-electron chi connectivity index (χ1n) is 5.36. The second-order valence-corrected chi connectivity index (χ2v) is 4.60. The number of carboxylic acid groups (broad SMARTS) is 1. The number of aliphatic carboxylic acids is 1. The minimum absolute atomic E-state index is 0.0168. The largest absolute Gasteiger partial charge is 0.508 e. The van der Waals surface area contributed by atoms with E-state index < -0.39 is 10.7 Å². The first-order valence-corrected chi connectivity index (χ1v) is 5.80. The summed E-state index contributed by atoms with van der Waals surface area (Å²) in [6.45, 7) is 0. The molecule has 0 aliphatic rings. The standard InChI is InChI=1S/C14H12O3S/c15-12-8-4-7-11(9-12)14(18,13(16)17)10-5-2-1-3-6-10/h1-9,15,18H,(H,16,17). The Kier molecular flexibility index (Phi) is 3.30. The van der Waals surface area contributed by atoms with Gasteiger partial charge in [0.05, 0.1) is 0 Å². The van der Waals surface area contributed by atoms with Crippen molar-refractivity contribution in [2.24, 2.45) is 0 Å². The van der Waals surface area contributed by atoms with Crippen molar-refractivity contribution in [3.8, 4) is 5.75 Å². The van der Waals surface area contributed by atoms with Crippen molar-refractivity contribution in [2.45, 2.75) is 4.75 Å². The summed E-state index contributed by atoms with van der Waals surface area (Å²) < 4.78 is -1.47. The van der Waals surface area contributed by atoms with Crippen molar-refractivity contribution in [3.05, 3.63) is 65.7 Å². The number of phenolic OH excluding ortho intramolecular Hbond substituents is 1. The molecule has 0 heterocycles. The molecule has 2 aromatic carbocycles. The maximum absolute atomic E-state index is 11.6. The molecule has 0 radical (unpaired) electrons. The minimum Gasteiger partial charge on any atom is -0.508 e. The highest BCUT2D eigenvalue weighted by Crippen LogP contribution is 2.37. The van der Waals surface area contributed by atoms with E-state index in [9.17, 15) is 15.0 Å². The SMILES string of the molecule is O=C(O)C(S)(c1ccccc1)c1cccc(O)c1. The van der Waals surface area contributed by atoms with Gasteiger partial charge >= 0.3 is 5.97 Å². The number of rotatable bonds is 3. The zero-order valence-electron chi connectivity index (χ0n) is 9.45. The third-order valence-corrected chi connectivity index (χ3v) is 3.47. The van der Waals surface area contributed by atoms with Crippen LogP contribution >= 0.6 is 12.6 Å². The Labute approximate surface area is 110 Å². The predicted octanol–water partition coefficient (Wildman–Crippen LogP) is 2.65. The monoisotopic (exact) mass is 260 g/mol. The molecule has 92 valence electrons. The van der Waals surface area contributed by atoms with Gasteiger partial charge < -0.3 is 10.2 Å². The van der Waals surface area contributed by atoms with Crippen molar-refractivity contribution in [2.75, 3.05) is 0 Å². The van der Waals surface area contributed by atoms with Gasteiger partial charge in [-0.3, -0.25) is 0 Å². The van der Waals surface area contributed by atoms with Gasteiger partial charge in [-0.15, -0.1) is 0 Å². The summed E-state index contributed by atoms with van der Waals surface area (Å²) in [5.41, 5.74) is 0.968. The van der Waals surface area contributed by atoms with Crippen LogP contribution < -0.4 is 0 Å². The number of carboxylic acids is 1. The molecule has 1 unspecified atom stereocenters. The molecular formula is C14H12O3S. The average Bonchev–Trinajstić information content (AvgIpc) is 2.38. The number of thiol groups is 1. The zero-order valence-corrected chi connectivity index (χ0v) is 10.3. The summed E-state index contributed by atoms with van der Waals surface area (Å²) in [6.07, 6.45) is 0. The van der Waals surface area contributed by atoms with E-state index in [2.05, 4.69) is 12.6 Å². The molecule has 0 aliphatic carbocycles. The third-order valence-electron chi connectivity index (χ3n) is 2.77. The van der Waals surface area contributed by atoms with Crippen LogP contribution in [0.3, 0.4) is 0 Å². The van der Waals surface area contributed by atoms with Gasteiger partial charge in [-0.05, 0) is 23.3 Å². The van der Waals surface area contributed by atoms with Crippen LogP contribution in [0.15, 0.2) is 54.6 Å². The highest BCUT2D eigenvalue weighted by atomic mass is 32.1. The lowest BCUT2D eigenvalue weighted by Crippen LogP contribution is -2.31. The summed E-state index contributed by atoms with van der Waals surface area (Å²) in [5.74, 6) is -1.06. The summed E-state index contributed by atoms with van der Waals surface area (Å²) in [6, 6.07) is 14.9. The van der Waals surface area contributed by atoms with E-state index >= 15 is 0 Å². The van der Waals surface area contributed by atoms with Crippen LogP contribution in [0.5, 0.6) is 5.75 Å². The zero-order chi connectivity index (χ0) is 13.2. The lowest BCUT2D eigenvalue weighted by atomic mass is 9.90. The van der Waals surface area contributed by atoms with E-state index in [0.29, 0.717) is 11.1 Å². The summed E-state index contributed by atoms with van der Waals surface area (Å²) in [5, 5.41) is 19.0. The van der Waals surface area contributed by atoms with E-state index in [1.165, 1.54) is 12.1 Å². The van der Waals surface area contributed by atoms with Gasteiger partial charge in [-0.25, -0.2) is 4.79 Å². The number of aromatic hydroxyl groups is 1. The highest BCUT2D eigenvalue weighted by Gasteiger charge is 2.38. The molecule has 0 aromatic heterocycles. The van der Waals surface area contributed by atoms with Gasteiger partial charge in [-0.1, -0.05) is 42.5 Å². The van der Waals surface area contributed by atoms with Crippen LogP contribution in [0.2, 0.25) is 0 Å². The minimum atomic E-state index is -1.47. The molecule has 4 heteroatoms. The van der Waals surface area contributed by atoms with Gasteiger partial charge in [0.15, 0.2) is 4.75 Å². The van der Waals surface area contributed by atoms with Crippen LogP contribution in [0.25, 0.3) is 0 Å². The second kappa shape index (κ2) is 4.74. The number of phenols is 1. The molecule has 0 saturated carbocycles. The molecule has 2 N–H and O–H groups in total. The lowest BCUT2D eigenvalue weighted by Gasteiger charge is -2.25.